The molecule has 0 radical (unpaired) electrons. The average Bonchev–Trinajstić information content (AvgIpc) is 3.47. The molecule has 5 aromatic rings. The predicted molar refractivity (Wildman–Crippen MR) is 127 cm³/mol. The number of benzene rings is 1. The third kappa shape index (κ3) is 3.17. The van der Waals surface area contributed by atoms with Gasteiger partial charge in [0.2, 0.25) is 5.91 Å². The number of anilines is 1. The Morgan fingerprint density at radius 1 is 1.34 bits per heavy atom. The first-order chi connectivity index (χ1) is 15.6. The molecular formula is C22H21N7OS2. The molecular weight excluding hydrogens is 442 g/mol. The van der Waals surface area contributed by atoms with Gasteiger partial charge in [-0.25, -0.2) is 9.38 Å². The maximum absolute atomic E-state index is 12.6. The Morgan fingerprint density at radius 3 is 3.12 bits per heavy atom. The zero-order chi connectivity index (χ0) is 21.8. The number of thioether (sulfide) groups is 1. The molecule has 1 amide bonds. The molecule has 0 fully saturated rings. The third-order valence-electron chi connectivity index (χ3n) is 5.91. The number of nitrogens with one attached hydrogen (secondary N) is 1. The Hall–Kier alpha value is -2.98. The normalized spacial score (nSPS) is 16.1. The largest absolute Gasteiger partial charge is 0.325 e. The number of hydrogen-bond donors (Lipinski definition) is 1. The molecule has 1 aliphatic carbocycles. The molecule has 0 saturated carbocycles. The third-order valence-corrected chi connectivity index (χ3v) is 8.08. The molecule has 162 valence electrons. The fourth-order valence-corrected chi connectivity index (χ4v) is 6.70. The van der Waals surface area contributed by atoms with Crippen molar-refractivity contribution < 1.29 is 4.79 Å². The van der Waals surface area contributed by atoms with E-state index in [0.717, 1.165) is 40.0 Å². The van der Waals surface area contributed by atoms with Gasteiger partial charge in [-0.3, -0.25) is 4.79 Å². The highest BCUT2D eigenvalue weighted by Crippen LogP contribution is 2.40. The molecule has 6 rings (SSSR count). The molecule has 0 spiro atoms. The van der Waals surface area contributed by atoms with Crippen LogP contribution in [0.4, 0.5) is 5.69 Å². The van der Waals surface area contributed by atoms with Crippen molar-refractivity contribution >= 4 is 56.3 Å². The van der Waals surface area contributed by atoms with Gasteiger partial charge >= 0.3 is 0 Å². The summed E-state index contributed by atoms with van der Waals surface area (Å²) in [6, 6.07) is 7.79. The second kappa shape index (κ2) is 7.56. The van der Waals surface area contributed by atoms with E-state index >= 15 is 0 Å². The molecule has 1 aliphatic rings. The van der Waals surface area contributed by atoms with Crippen LogP contribution < -0.4 is 5.32 Å². The SMILES string of the molecule is Cc1cccc(NC(=O)CSc2nnc3n4ncnc4c4c5c(sc4n23)CC(C)CC5)c1. The highest BCUT2D eigenvalue weighted by atomic mass is 32.2. The zero-order valence-corrected chi connectivity index (χ0v) is 19.3. The molecule has 8 nitrogen and oxygen atoms in total. The van der Waals surface area contributed by atoms with E-state index in [1.54, 1.807) is 22.2 Å². The molecule has 4 heterocycles. The minimum absolute atomic E-state index is 0.0743. The minimum atomic E-state index is -0.0743. The van der Waals surface area contributed by atoms with Gasteiger partial charge in [0.15, 0.2) is 10.8 Å². The van der Waals surface area contributed by atoms with Crippen molar-refractivity contribution in [3.05, 3.63) is 46.6 Å². The van der Waals surface area contributed by atoms with Gasteiger partial charge in [0, 0.05) is 10.6 Å². The van der Waals surface area contributed by atoms with E-state index in [2.05, 4.69) is 32.5 Å². The summed E-state index contributed by atoms with van der Waals surface area (Å²) < 4.78 is 3.80. The number of thiophene rings is 1. The minimum Gasteiger partial charge on any atom is -0.325 e. The van der Waals surface area contributed by atoms with E-state index in [0.29, 0.717) is 16.9 Å². The Morgan fingerprint density at radius 2 is 2.25 bits per heavy atom. The summed E-state index contributed by atoms with van der Waals surface area (Å²) in [5, 5.41) is 18.0. The monoisotopic (exact) mass is 463 g/mol. The van der Waals surface area contributed by atoms with Crippen molar-refractivity contribution in [2.75, 3.05) is 11.1 Å². The van der Waals surface area contributed by atoms with Crippen molar-refractivity contribution in [3.8, 4) is 0 Å². The van der Waals surface area contributed by atoms with Gasteiger partial charge in [-0.2, -0.15) is 9.61 Å². The number of aryl methyl sites for hydroxylation is 2. The Labute approximate surface area is 192 Å². The number of rotatable bonds is 4. The lowest BCUT2D eigenvalue weighted by atomic mass is 9.89. The summed E-state index contributed by atoms with van der Waals surface area (Å²) in [5.41, 5.74) is 4.12. The van der Waals surface area contributed by atoms with Gasteiger partial charge in [0.25, 0.3) is 5.78 Å². The van der Waals surface area contributed by atoms with E-state index in [9.17, 15) is 4.79 Å². The Balaban J connectivity index is 1.39. The Kier molecular flexibility index (Phi) is 4.65. The van der Waals surface area contributed by atoms with Gasteiger partial charge in [-0.1, -0.05) is 30.8 Å². The molecule has 0 saturated heterocycles. The van der Waals surface area contributed by atoms with E-state index in [4.69, 9.17) is 0 Å². The van der Waals surface area contributed by atoms with Gasteiger partial charge in [0.05, 0.1) is 11.1 Å². The highest BCUT2D eigenvalue weighted by Gasteiger charge is 2.26. The average molecular weight is 464 g/mol. The van der Waals surface area contributed by atoms with Crippen LogP contribution in [0.3, 0.4) is 0 Å². The number of amides is 1. The first-order valence-corrected chi connectivity index (χ1v) is 12.4. The van der Waals surface area contributed by atoms with Crippen LogP contribution in [0.15, 0.2) is 35.7 Å². The number of carbonyl (C=O) groups excluding carboxylic acids is 1. The predicted octanol–water partition coefficient (Wildman–Crippen LogP) is 4.15. The topological polar surface area (TPSA) is 89.5 Å². The molecule has 0 aliphatic heterocycles. The van der Waals surface area contributed by atoms with Crippen LogP contribution in [-0.2, 0) is 17.6 Å². The van der Waals surface area contributed by atoms with Crippen LogP contribution in [0, 0.1) is 12.8 Å². The summed E-state index contributed by atoms with van der Waals surface area (Å²) >= 11 is 3.18. The number of aromatic nitrogens is 6. The van der Waals surface area contributed by atoms with Gasteiger partial charge < -0.3 is 5.32 Å². The summed E-state index contributed by atoms with van der Waals surface area (Å²) in [5.74, 6) is 1.47. The molecule has 1 aromatic carbocycles. The molecule has 32 heavy (non-hydrogen) atoms. The summed E-state index contributed by atoms with van der Waals surface area (Å²) in [6.45, 7) is 4.31. The number of carbonyl (C=O) groups is 1. The van der Waals surface area contributed by atoms with Gasteiger partial charge in [0.1, 0.15) is 11.2 Å². The van der Waals surface area contributed by atoms with Crippen LogP contribution >= 0.6 is 23.1 Å². The maximum atomic E-state index is 12.6. The number of fused-ring (bicyclic) bond motifs is 8. The van der Waals surface area contributed by atoms with Crippen LogP contribution in [0.2, 0.25) is 0 Å². The fraction of sp³-hybridized carbons (Fsp3) is 0.318. The van der Waals surface area contributed by atoms with E-state index in [1.807, 2.05) is 35.6 Å². The van der Waals surface area contributed by atoms with Crippen molar-refractivity contribution in [1.29, 1.82) is 0 Å². The summed E-state index contributed by atoms with van der Waals surface area (Å²) in [7, 11) is 0. The standard InChI is InChI=1S/C22H21N7OS2/c1-12-4-3-5-14(8-12)25-17(30)10-31-22-27-26-21-28(22)20-18(19-23-11-24-29(19)21)15-7-6-13(2)9-16(15)32-20/h3-5,8,11,13H,6-7,9-10H2,1-2H3,(H,25,30). The van der Waals surface area contributed by atoms with Crippen molar-refractivity contribution in [2.45, 2.75) is 38.3 Å². The quantitative estimate of drug-likeness (QED) is 0.403. The van der Waals surface area contributed by atoms with Crippen LogP contribution in [0.1, 0.15) is 29.3 Å². The van der Waals surface area contributed by atoms with Crippen LogP contribution in [-0.4, -0.2) is 40.9 Å². The molecule has 10 heteroatoms. The van der Waals surface area contributed by atoms with Crippen LogP contribution in [0.25, 0.3) is 21.6 Å². The fourth-order valence-electron chi connectivity index (χ4n) is 4.40. The second-order valence-corrected chi connectivity index (χ2v) is 10.4. The molecule has 1 atom stereocenters. The number of hydrogen-bond acceptors (Lipinski definition) is 7. The zero-order valence-electron chi connectivity index (χ0n) is 17.7. The smallest absolute Gasteiger partial charge is 0.260 e. The Bertz CT molecular complexity index is 1500. The first kappa shape index (κ1) is 19.7. The van der Waals surface area contributed by atoms with Gasteiger partial charge in [-0.15, -0.1) is 21.5 Å². The molecule has 1 unspecified atom stereocenters. The lowest BCUT2D eigenvalue weighted by molar-refractivity contribution is -0.113. The molecule has 1 N–H and O–H groups in total. The van der Waals surface area contributed by atoms with Crippen molar-refractivity contribution in [2.24, 2.45) is 5.92 Å². The molecule has 0 bridgehead atoms. The first-order valence-electron chi connectivity index (χ1n) is 10.6. The van der Waals surface area contributed by atoms with E-state index < -0.39 is 0 Å². The summed E-state index contributed by atoms with van der Waals surface area (Å²) in [4.78, 5) is 19.6. The van der Waals surface area contributed by atoms with Gasteiger partial charge in [-0.05, 0) is 55.4 Å². The van der Waals surface area contributed by atoms with E-state index in [-0.39, 0.29) is 11.7 Å². The van der Waals surface area contributed by atoms with Crippen LogP contribution in [0.5, 0.6) is 0 Å². The molecule has 4 aromatic heterocycles. The lowest BCUT2D eigenvalue weighted by Crippen LogP contribution is -2.14. The second-order valence-electron chi connectivity index (χ2n) is 8.35. The lowest BCUT2D eigenvalue weighted by Gasteiger charge is -2.17. The van der Waals surface area contributed by atoms with E-state index in [1.165, 1.54) is 28.6 Å². The van der Waals surface area contributed by atoms with Crippen molar-refractivity contribution in [3.63, 3.8) is 0 Å². The van der Waals surface area contributed by atoms with Crippen molar-refractivity contribution in [1.82, 2.24) is 29.2 Å². The highest BCUT2D eigenvalue weighted by molar-refractivity contribution is 7.99. The summed E-state index contributed by atoms with van der Waals surface area (Å²) in [6.07, 6.45) is 4.88. The maximum Gasteiger partial charge on any atom is 0.260 e. The number of nitrogens with zero attached hydrogens (tertiary/aromatic N) is 6.